The van der Waals surface area contributed by atoms with E-state index in [2.05, 4.69) is 4.90 Å². The number of piperidine rings is 1. The lowest BCUT2D eigenvalue weighted by Crippen LogP contribution is -2.46. The molecule has 2 unspecified atom stereocenters. The standard InChI is InChI=1S/C26H30F2N2O4.C2HF3O2/c27-23-5-2-6-24(28)22(23)16-29(25(32)9-10-26(33)34)11-12-30-19-7-8-20(30)14-18(13-19)17-3-1-4-21(31)15-17;3-2(4,5)1(6)7/h1-6,15,18-20,31H,7-14,16H2,(H,33,34);(H,6,7). The quantitative estimate of drug-likeness (QED) is 0.358. The van der Waals surface area contributed by atoms with Crippen LogP contribution in [0.3, 0.4) is 0 Å². The zero-order valence-corrected chi connectivity index (χ0v) is 22.0. The number of carboxylic acids is 2. The number of carbonyl (C=O) groups is 3. The number of hydrogen-bond donors (Lipinski definition) is 3. The number of rotatable bonds is 9. The van der Waals surface area contributed by atoms with Gasteiger partial charge in [-0.3, -0.25) is 14.5 Å². The Kier molecular flexibility index (Phi) is 10.7. The summed E-state index contributed by atoms with van der Waals surface area (Å²) in [7, 11) is 0. The van der Waals surface area contributed by atoms with Crippen LogP contribution in [-0.4, -0.2) is 74.3 Å². The second-order valence-corrected chi connectivity index (χ2v) is 10.1. The van der Waals surface area contributed by atoms with Gasteiger partial charge in [0.05, 0.1) is 13.0 Å². The SMILES string of the molecule is O=C(O)C(F)(F)F.O=C(O)CCC(=O)N(CCN1C2CCC1CC(c1cccc(O)c1)C2)Cc1c(F)cccc1F. The third-order valence-corrected chi connectivity index (χ3v) is 7.41. The number of phenolic OH excluding ortho intramolecular Hbond substituents is 1. The van der Waals surface area contributed by atoms with E-state index >= 15 is 0 Å². The Hall–Kier alpha value is -3.74. The number of hydrogen-bond acceptors (Lipinski definition) is 5. The molecule has 0 spiro atoms. The Balaban J connectivity index is 0.000000587. The Bertz CT molecular complexity index is 1210. The molecule has 3 N–H and O–H groups in total. The summed E-state index contributed by atoms with van der Waals surface area (Å²) in [6.45, 7) is 0.610. The summed E-state index contributed by atoms with van der Waals surface area (Å²) < 4.78 is 60.2. The molecule has 41 heavy (non-hydrogen) atoms. The van der Waals surface area contributed by atoms with Crippen LogP contribution in [-0.2, 0) is 20.9 Å². The van der Waals surface area contributed by atoms with Gasteiger partial charge in [0.25, 0.3) is 0 Å². The van der Waals surface area contributed by atoms with Crippen molar-refractivity contribution in [3.05, 3.63) is 65.2 Å². The van der Waals surface area contributed by atoms with E-state index in [0.29, 0.717) is 24.5 Å². The summed E-state index contributed by atoms with van der Waals surface area (Å²) in [6.07, 6.45) is -1.61. The van der Waals surface area contributed by atoms with Gasteiger partial charge in [0.15, 0.2) is 0 Å². The Morgan fingerprint density at radius 1 is 0.927 bits per heavy atom. The molecule has 0 saturated carbocycles. The summed E-state index contributed by atoms with van der Waals surface area (Å²) in [5.41, 5.74) is 0.953. The average Bonchev–Trinajstić information content (AvgIpc) is 3.12. The summed E-state index contributed by atoms with van der Waals surface area (Å²) in [6, 6.07) is 11.7. The number of nitrogens with zero attached hydrogens (tertiary/aromatic N) is 2. The number of alkyl halides is 3. The van der Waals surface area contributed by atoms with Gasteiger partial charge in [0.1, 0.15) is 17.4 Å². The Labute approximate surface area is 233 Å². The van der Waals surface area contributed by atoms with Gasteiger partial charge in [0, 0.05) is 37.2 Å². The number of benzene rings is 2. The molecular weight excluding hydrogens is 555 g/mol. The van der Waals surface area contributed by atoms with Crippen molar-refractivity contribution < 1.29 is 51.7 Å². The van der Waals surface area contributed by atoms with E-state index in [1.165, 1.54) is 11.0 Å². The second kappa shape index (κ2) is 13.7. The zero-order chi connectivity index (χ0) is 30.3. The molecule has 1 amide bonds. The van der Waals surface area contributed by atoms with Gasteiger partial charge in [0.2, 0.25) is 5.91 Å². The first kappa shape index (κ1) is 31.8. The van der Waals surface area contributed by atoms with Crippen LogP contribution >= 0.6 is 0 Å². The Morgan fingerprint density at radius 3 is 2.00 bits per heavy atom. The van der Waals surface area contributed by atoms with Crippen molar-refractivity contribution in [2.75, 3.05) is 13.1 Å². The van der Waals surface area contributed by atoms with E-state index in [1.54, 1.807) is 6.07 Å². The third-order valence-electron chi connectivity index (χ3n) is 7.41. The van der Waals surface area contributed by atoms with Crippen molar-refractivity contribution in [1.82, 2.24) is 9.80 Å². The highest BCUT2D eigenvalue weighted by Gasteiger charge is 2.41. The minimum absolute atomic E-state index is 0.184. The van der Waals surface area contributed by atoms with Gasteiger partial charge >= 0.3 is 18.1 Å². The molecular formula is C28H31F5N2O6. The minimum Gasteiger partial charge on any atom is -0.508 e. The first-order valence-corrected chi connectivity index (χ1v) is 13.0. The first-order chi connectivity index (χ1) is 19.3. The second-order valence-electron chi connectivity index (χ2n) is 10.1. The van der Waals surface area contributed by atoms with Crippen molar-refractivity contribution >= 4 is 17.8 Å². The molecule has 0 aromatic heterocycles. The summed E-state index contributed by atoms with van der Waals surface area (Å²) >= 11 is 0. The number of amides is 1. The van der Waals surface area contributed by atoms with Crippen LogP contribution in [0.2, 0.25) is 0 Å². The van der Waals surface area contributed by atoms with Crippen LogP contribution in [0.25, 0.3) is 0 Å². The van der Waals surface area contributed by atoms with E-state index in [9.17, 15) is 36.6 Å². The molecule has 2 aromatic carbocycles. The predicted octanol–water partition coefficient (Wildman–Crippen LogP) is 4.91. The number of fused-ring (bicyclic) bond motifs is 2. The van der Waals surface area contributed by atoms with Crippen LogP contribution in [0, 0.1) is 11.6 Å². The average molecular weight is 587 g/mol. The molecule has 2 saturated heterocycles. The Morgan fingerprint density at radius 2 is 1.49 bits per heavy atom. The van der Waals surface area contributed by atoms with Gasteiger partial charge < -0.3 is 20.2 Å². The highest BCUT2D eigenvalue weighted by molar-refractivity contribution is 5.80. The summed E-state index contributed by atoms with van der Waals surface area (Å²) in [4.78, 5) is 36.4. The molecule has 4 rings (SSSR count). The summed E-state index contributed by atoms with van der Waals surface area (Å²) in [5, 5.41) is 25.9. The van der Waals surface area contributed by atoms with Crippen molar-refractivity contribution in [3.63, 3.8) is 0 Å². The molecule has 2 aliphatic heterocycles. The van der Waals surface area contributed by atoms with Crippen molar-refractivity contribution in [3.8, 4) is 5.75 Å². The fraction of sp³-hybridized carbons (Fsp3) is 0.464. The zero-order valence-electron chi connectivity index (χ0n) is 22.0. The van der Waals surface area contributed by atoms with E-state index < -0.39 is 35.7 Å². The highest BCUT2D eigenvalue weighted by Crippen LogP contribution is 2.43. The van der Waals surface area contributed by atoms with E-state index in [1.807, 2.05) is 18.2 Å². The maximum Gasteiger partial charge on any atom is 0.490 e. The molecule has 224 valence electrons. The van der Waals surface area contributed by atoms with Crippen LogP contribution < -0.4 is 0 Å². The molecule has 2 bridgehead atoms. The monoisotopic (exact) mass is 586 g/mol. The van der Waals surface area contributed by atoms with Crippen LogP contribution in [0.1, 0.15) is 55.6 Å². The fourth-order valence-electron chi connectivity index (χ4n) is 5.46. The number of aromatic hydroxyl groups is 1. The molecule has 8 nitrogen and oxygen atoms in total. The van der Waals surface area contributed by atoms with Crippen LogP contribution in [0.4, 0.5) is 22.0 Å². The maximum atomic E-state index is 14.2. The number of halogens is 5. The van der Waals surface area contributed by atoms with Crippen molar-refractivity contribution in [2.24, 2.45) is 0 Å². The van der Waals surface area contributed by atoms with E-state index in [-0.39, 0.29) is 37.2 Å². The summed E-state index contributed by atoms with van der Waals surface area (Å²) in [5.74, 6) is -5.08. The van der Waals surface area contributed by atoms with E-state index in [0.717, 1.165) is 43.4 Å². The fourth-order valence-corrected chi connectivity index (χ4v) is 5.46. The smallest absolute Gasteiger partial charge is 0.490 e. The number of phenols is 1. The molecule has 13 heteroatoms. The van der Waals surface area contributed by atoms with Gasteiger partial charge in [-0.25, -0.2) is 13.6 Å². The molecule has 0 aliphatic carbocycles. The van der Waals surface area contributed by atoms with Gasteiger partial charge in [-0.2, -0.15) is 13.2 Å². The molecule has 2 atom stereocenters. The lowest BCUT2D eigenvalue weighted by molar-refractivity contribution is -0.192. The van der Waals surface area contributed by atoms with Crippen LogP contribution in [0.15, 0.2) is 42.5 Å². The van der Waals surface area contributed by atoms with Crippen molar-refractivity contribution in [1.29, 1.82) is 0 Å². The van der Waals surface area contributed by atoms with Gasteiger partial charge in [-0.1, -0.05) is 18.2 Å². The normalized spacial score (nSPS) is 20.2. The number of carbonyl (C=O) groups excluding carboxylic acids is 1. The van der Waals surface area contributed by atoms with Gasteiger partial charge in [-0.05, 0) is 61.4 Å². The topological polar surface area (TPSA) is 118 Å². The van der Waals surface area contributed by atoms with E-state index in [4.69, 9.17) is 15.0 Å². The molecule has 2 aliphatic rings. The molecule has 2 aromatic rings. The van der Waals surface area contributed by atoms with Gasteiger partial charge in [-0.15, -0.1) is 0 Å². The molecule has 0 radical (unpaired) electrons. The minimum atomic E-state index is -5.08. The van der Waals surface area contributed by atoms with Crippen LogP contribution in [0.5, 0.6) is 5.75 Å². The molecule has 2 fully saturated rings. The number of aliphatic carboxylic acids is 2. The lowest BCUT2D eigenvalue weighted by Gasteiger charge is -2.40. The predicted molar refractivity (Wildman–Crippen MR) is 136 cm³/mol. The largest absolute Gasteiger partial charge is 0.508 e. The number of carboxylic acid groups (broad SMARTS) is 2. The maximum absolute atomic E-state index is 14.2. The highest BCUT2D eigenvalue weighted by atomic mass is 19.4. The molecule has 2 heterocycles. The third kappa shape index (κ3) is 8.87. The first-order valence-electron chi connectivity index (χ1n) is 13.0. The lowest BCUT2D eigenvalue weighted by atomic mass is 9.85. The van der Waals surface area contributed by atoms with Crippen molar-refractivity contribution in [2.45, 2.75) is 69.2 Å².